The summed E-state index contributed by atoms with van der Waals surface area (Å²) < 4.78 is 5.41. The maximum absolute atomic E-state index is 13.3. The molecule has 2 aliphatic heterocycles. The van der Waals surface area contributed by atoms with Gasteiger partial charge in [-0.15, -0.1) is 0 Å². The lowest BCUT2D eigenvalue weighted by molar-refractivity contribution is -0.136. The van der Waals surface area contributed by atoms with Crippen molar-refractivity contribution in [1.82, 2.24) is 20.7 Å². The number of benzene rings is 2. The van der Waals surface area contributed by atoms with Crippen LogP contribution in [-0.2, 0) is 4.79 Å². The van der Waals surface area contributed by atoms with Crippen molar-refractivity contribution in [2.75, 3.05) is 26.7 Å². The number of hydrogen-bond acceptors (Lipinski definition) is 4. The van der Waals surface area contributed by atoms with Crippen LogP contribution in [0.25, 0.3) is 10.9 Å². The van der Waals surface area contributed by atoms with Gasteiger partial charge < -0.3 is 14.6 Å². The first-order valence-electron chi connectivity index (χ1n) is 10.8. The standard InChI is InChI=1S/C24H27ClN4O2/c1-31-18-6-7-22-19(12-18)20(13-26-22)15-8-10-29(11-9-15)24(30)21-14-27-28-23(21)16-2-4-17(25)5-3-16/h2-7,12-13,15,21,23,26-28H,8-11,14H2,1H3. The number of aromatic nitrogens is 1. The van der Waals surface area contributed by atoms with Gasteiger partial charge in [-0.3, -0.25) is 10.2 Å². The topological polar surface area (TPSA) is 69.4 Å². The van der Waals surface area contributed by atoms with Gasteiger partial charge in [0.15, 0.2) is 0 Å². The minimum atomic E-state index is -0.116. The molecule has 0 saturated carbocycles. The van der Waals surface area contributed by atoms with Crippen LogP contribution in [0.1, 0.15) is 35.9 Å². The highest BCUT2D eigenvalue weighted by molar-refractivity contribution is 6.30. The molecule has 0 aliphatic carbocycles. The maximum atomic E-state index is 13.3. The second kappa shape index (κ2) is 8.54. The predicted molar refractivity (Wildman–Crippen MR) is 122 cm³/mol. The molecule has 0 bridgehead atoms. The fourth-order valence-electron chi connectivity index (χ4n) is 4.94. The molecule has 31 heavy (non-hydrogen) atoms. The van der Waals surface area contributed by atoms with Crippen LogP contribution in [0.3, 0.4) is 0 Å². The number of fused-ring (bicyclic) bond motifs is 1. The largest absolute Gasteiger partial charge is 0.497 e. The van der Waals surface area contributed by atoms with Gasteiger partial charge in [-0.25, -0.2) is 5.43 Å². The van der Waals surface area contributed by atoms with Crippen molar-refractivity contribution in [2.45, 2.75) is 24.8 Å². The minimum absolute atomic E-state index is 0.0384. The van der Waals surface area contributed by atoms with Crippen LogP contribution in [0.2, 0.25) is 5.02 Å². The van der Waals surface area contributed by atoms with Crippen LogP contribution in [0.4, 0.5) is 0 Å². The van der Waals surface area contributed by atoms with Gasteiger partial charge in [-0.05, 0) is 60.2 Å². The number of piperidine rings is 1. The van der Waals surface area contributed by atoms with Crippen LogP contribution < -0.4 is 15.6 Å². The molecule has 2 fully saturated rings. The van der Waals surface area contributed by atoms with E-state index in [4.69, 9.17) is 16.3 Å². The van der Waals surface area contributed by atoms with Crippen molar-refractivity contribution >= 4 is 28.4 Å². The molecule has 0 spiro atoms. The first-order valence-corrected chi connectivity index (χ1v) is 11.2. The molecule has 1 aromatic heterocycles. The number of methoxy groups -OCH3 is 1. The van der Waals surface area contributed by atoms with Gasteiger partial charge in [-0.2, -0.15) is 0 Å². The first kappa shape index (κ1) is 20.4. The number of H-pyrrole nitrogens is 1. The van der Waals surface area contributed by atoms with E-state index in [9.17, 15) is 4.79 Å². The molecule has 3 N–H and O–H groups in total. The van der Waals surface area contributed by atoms with Gasteiger partial charge in [-0.1, -0.05) is 23.7 Å². The molecule has 2 aromatic carbocycles. The number of aromatic amines is 1. The average Bonchev–Trinajstić information content (AvgIpc) is 3.46. The molecule has 2 aliphatic rings. The Morgan fingerprint density at radius 3 is 2.65 bits per heavy atom. The third-order valence-electron chi connectivity index (χ3n) is 6.70. The van der Waals surface area contributed by atoms with Gasteiger partial charge >= 0.3 is 0 Å². The molecule has 2 saturated heterocycles. The van der Waals surface area contributed by atoms with E-state index >= 15 is 0 Å². The molecule has 3 heterocycles. The molecule has 2 atom stereocenters. The summed E-state index contributed by atoms with van der Waals surface area (Å²) in [6.45, 7) is 2.20. The molecule has 3 aromatic rings. The van der Waals surface area contributed by atoms with Crippen molar-refractivity contribution in [3.63, 3.8) is 0 Å². The molecule has 6 nitrogen and oxygen atoms in total. The number of carbonyl (C=O) groups excluding carboxylic acids is 1. The lowest BCUT2D eigenvalue weighted by atomic mass is 9.87. The van der Waals surface area contributed by atoms with E-state index in [-0.39, 0.29) is 17.9 Å². The summed E-state index contributed by atoms with van der Waals surface area (Å²) >= 11 is 6.03. The van der Waals surface area contributed by atoms with Crippen molar-refractivity contribution in [2.24, 2.45) is 5.92 Å². The van der Waals surface area contributed by atoms with Gasteiger partial charge in [0.25, 0.3) is 0 Å². The second-order valence-corrected chi connectivity index (χ2v) is 8.85. The zero-order valence-corrected chi connectivity index (χ0v) is 18.3. The highest BCUT2D eigenvalue weighted by Gasteiger charge is 2.37. The first-order chi connectivity index (χ1) is 15.1. The lowest BCUT2D eigenvalue weighted by Crippen LogP contribution is -2.43. The maximum Gasteiger partial charge on any atom is 0.229 e. The minimum Gasteiger partial charge on any atom is -0.497 e. The monoisotopic (exact) mass is 438 g/mol. The van der Waals surface area contributed by atoms with E-state index in [0.29, 0.717) is 17.5 Å². The summed E-state index contributed by atoms with van der Waals surface area (Å²) in [5.74, 6) is 1.42. The number of carbonyl (C=O) groups is 1. The molecule has 162 valence electrons. The number of hydrogen-bond donors (Lipinski definition) is 3. The Bertz CT molecular complexity index is 1070. The summed E-state index contributed by atoms with van der Waals surface area (Å²) in [6.07, 6.45) is 4.05. The van der Waals surface area contributed by atoms with Gasteiger partial charge in [0.1, 0.15) is 5.75 Å². The number of amides is 1. The van der Waals surface area contributed by atoms with Crippen LogP contribution in [0, 0.1) is 5.92 Å². The van der Waals surface area contributed by atoms with Crippen LogP contribution in [-0.4, -0.2) is 42.5 Å². The Kier molecular flexibility index (Phi) is 5.61. The summed E-state index contributed by atoms with van der Waals surface area (Å²) in [6, 6.07) is 13.8. The van der Waals surface area contributed by atoms with Crippen LogP contribution in [0.5, 0.6) is 5.75 Å². The molecule has 1 amide bonds. The Hall–Kier alpha value is -2.54. The van der Waals surface area contributed by atoms with E-state index in [1.807, 2.05) is 35.2 Å². The molecular formula is C24H27ClN4O2. The highest BCUT2D eigenvalue weighted by Crippen LogP contribution is 2.36. The summed E-state index contributed by atoms with van der Waals surface area (Å²) in [4.78, 5) is 18.8. The number of likely N-dealkylation sites (tertiary alicyclic amines) is 1. The van der Waals surface area contributed by atoms with Gasteiger partial charge in [0.2, 0.25) is 5.91 Å². The van der Waals surface area contributed by atoms with Gasteiger partial charge in [0, 0.05) is 41.8 Å². The van der Waals surface area contributed by atoms with E-state index in [1.54, 1.807) is 7.11 Å². The molecular weight excluding hydrogens is 412 g/mol. The van der Waals surface area contributed by atoms with Crippen LogP contribution >= 0.6 is 11.6 Å². The van der Waals surface area contributed by atoms with E-state index in [1.165, 1.54) is 10.9 Å². The second-order valence-electron chi connectivity index (χ2n) is 8.42. The third-order valence-corrected chi connectivity index (χ3v) is 6.95. The highest BCUT2D eigenvalue weighted by atomic mass is 35.5. The van der Waals surface area contributed by atoms with Gasteiger partial charge in [0.05, 0.1) is 19.1 Å². The SMILES string of the molecule is COc1ccc2[nH]cc(C3CCN(C(=O)C4CNNC4c4ccc(Cl)cc4)CC3)c2c1. The Labute approximate surface area is 186 Å². The summed E-state index contributed by atoms with van der Waals surface area (Å²) in [7, 11) is 1.70. The van der Waals surface area contributed by atoms with Crippen molar-refractivity contribution in [3.8, 4) is 5.75 Å². The number of nitrogens with zero attached hydrogens (tertiary/aromatic N) is 1. The van der Waals surface area contributed by atoms with E-state index < -0.39 is 0 Å². The quantitative estimate of drug-likeness (QED) is 0.575. The number of rotatable bonds is 4. The predicted octanol–water partition coefficient (Wildman–Crippen LogP) is 4.00. The smallest absolute Gasteiger partial charge is 0.229 e. The third kappa shape index (κ3) is 3.91. The van der Waals surface area contributed by atoms with Crippen molar-refractivity contribution < 1.29 is 9.53 Å². The van der Waals surface area contributed by atoms with Crippen molar-refractivity contribution in [3.05, 3.63) is 64.8 Å². The fraction of sp³-hybridized carbons (Fsp3) is 0.375. The molecule has 2 unspecified atom stereocenters. The number of hydrazine groups is 1. The normalized spacial score (nSPS) is 22.2. The fourth-order valence-corrected chi connectivity index (χ4v) is 5.07. The summed E-state index contributed by atoms with van der Waals surface area (Å²) in [5.41, 5.74) is 9.97. The zero-order chi connectivity index (χ0) is 21.4. The lowest BCUT2D eigenvalue weighted by Gasteiger charge is -2.34. The zero-order valence-electron chi connectivity index (χ0n) is 17.5. The number of nitrogens with one attached hydrogen (secondary N) is 3. The molecule has 7 heteroatoms. The number of ether oxygens (including phenoxy) is 1. The Balaban J connectivity index is 1.27. The Morgan fingerprint density at radius 2 is 1.90 bits per heavy atom. The Morgan fingerprint density at radius 1 is 1.13 bits per heavy atom. The van der Waals surface area contributed by atoms with Crippen LogP contribution in [0.15, 0.2) is 48.7 Å². The van der Waals surface area contributed by atoms with Crippen molar-refractivity contribution in [1.29, 1.82) is 0 Å². The number of halogens is 1. The van der Waals surface area contributed by atoms with E-state index in [0.717, 1.165) is 42.8 Å². The molecule has 5 rings (SSSR count). The van der Waals surface area contributed by atoms with E-state index in [2.05, 4.69) is 34.2 Å². The summed E-state index contributed by atoms with van der Waals surface area (Å²) in [5, 5.41) is 1.92. The average molecular weight is 439 g/mol. The molecule has 0 radical (unpaired) electrons.